The molecule has 0 bridgehead atoms. The fraction of sp³-hybridized carbons (Fsp3) is 0.292. The smallest absolute Gasteiger partial charge is 0.137 e. The largest absolute Gasteiger partial charge is 0.530 e. The van der Waals surface area contributed by atoms with E-state index in [1.54, 1.807) is 7.11 Å². The molecule has 29 heavy (non-hydrogen) atoms. The van der Waals surface area contributed by atoms with E-state index in [0.29, 0.717) is 26.1 Å². The summed E-state index contributed by atoms with van der Waals surface area (Å²) < 4.78 is 11.5. The van der Waals surface area contributed by atoms with Crippen LogP contribution in [0, 0.1) is 0 Å². The van der Waals surface area contributed by atoms with E-state index in [9.17, 15) is 9.90 Å². The van der Waals surface area contributed by atoms with Gasteiger partial charge in [0.25, 0.3) is 0 Å². The summed E-state index contributed by atoms with van der Waals surface area (Å²) >= 11 is 0. The molecular formula is C24H24NO4-. The van der Waals surface area contributed by atoms with E-state index in [-0.39, 0.29) is 12.0 Å². The van der Waals surface area contributed by atoms with Gasteiger partial charge in [0.05, 0.1) is 19.8 Å². The summed E-state index contributed by atoms with van der Waals surface area (Å²) in [6.45, 7) is 1.20. The molecule has 0 aromatic heterocycles. The van der Waals surface area contributed by atoms with E-state index in [1.807, 2.05) is 36.4 Å². The minimum Gasteiger partial charge on any atom is -0.530 e. The summed E-state index contributed by atoms with van der Waals surface area (Å²) in [4.78, 5) is 12.7. The number of carbonyl (C=O) groups excluding carboxylic acids is 1. The molecule has 2 unspecified atom stereocenters. The van der Waals surface area contributed by atoms with Crippen LogP contribution in [0.4, 0.5) is 4.79 Å². The highest BCUT2D eigenvalue weighted by atomic mass is 16.5. The molecule has 4 rings (SSSR count). The number of piperidine rings is 1. The minimum absolute atomic E-state index is 0.122. The maximum Gasteiger partial charge on any atom is 0.137 e. The van der Waals surface area contributed by atoms with E-state index in [0.717, 1.165) is 16.9 Å². The van der Waals surface area contributed by atoms with E-state index >= 15 is 0 Å². The van der Waals surface area contributed by atoms with Crippen LogP contribution < -0.4 is 9.84 Å². The number of rotatable bonds is 5. The van der Waals surface area contributed by atoms with Gasteiger partial charge in [-0.15, -0.1) is 0 Å². The Balaban J connectivity index is 1.52. The molecule has 3 aromatic rings. The lowest BCUT2D eigenvalue weighted by Gasteiger charge is -2.40. The van der Waals surface area contributed by atoms with Crippen molar-refractivity contribution in [2.45, 2.75) is 25.0 Å². The lowest BCUT2D eigenvalue weighted by atomic mass is 9.87. The van der Waals surface area contributed by atoms with Gasteiger partial charge in [-0.3, -0.25) is 0 Å². The van der Waals surface area contributed by atoms with Crippen LogP contribution in [-0.2, 0) is 11.3 Å². The summed E-state index contributed by atoms with van der Waals surface area (Å²) in [5.41, 5.74) is 2.20. The molecule has 1 saturated heterocycles. The Morgan fingerprint density at radius 1 is 1.07 bits per heavy atom. The predicted molar refractivity (Wildman–Crippen MR) is 110 cm³/mol. The number of fused-ring (bicyclic) bond motifs is 1. The SMILES string of the molecule is COc1ccc(C2CCN(C(=O)[O-])CC2OCc2ccc3ccccc3c2)cc1. The molecule has 1 amide bonds. The summed E-state index contributed by atoms with van der Waals surface area (Å²) in [5.74, 6) is 0.923. The van der Waals surface area contributed by atoms with Crippen molar-refractivity contribution in [2.75, 3.05) is 20.2 Å². The highest BCUT2D eigenvalue weighted by molar-refractivity contribution is 5.82. The number of ether oxygens (including phenoxy) is 2. The van der Waals surface area contributed by atoms with Crippen LogP contribution in [0.1, 0.15) is 23.5 Å². The van der Waals surface area contributed by atoms with Crippen LogP contribution in [0.5, 0.6) is 5.75 Å². The van der Waals surface area contributed by atoms with Crippen molar-refractivity contribution in [1.82, 2.24) is 4.90 Å². The number of hydrogen-bond acceptors (Lipinski definition) is 4. The monoisotopic (exact) mass is 390 g/mol. The molecule has 1 aliphatic rings. The van der Waals surface area contributed by atoms with Crippen LogP contribution in [0.15, 0.2) is 66.7 Å². The molecule has 5 nitrogen and oxygen atoms in total. The first-order valence-electron chi connectivity index (χ1n) is 9.83. The number of carboxylic acid groups (broad SMARTS) is 1. The Labute approximate surface area is 170 Å². The van der Waals surface area contributed by atoms with Gasteiger partial charge in [-0.05, 0) is 46.5 Å². The van der Waals surface area contributed by atoms with Gasteiger partial charge in [-0.1, -0.05) is 48.5 Å². The van der Waals surface area contributed by atoms with Crippen molar-refractivity contribution >= 4 is 16.9 Å². The second-order valence-corrected chi connectivity index (χ2v) is 7.41. The van der Waals surface area contributed by atoms with Gasteiger partial charge in [0, 0.05) is 19.0 Å². The molecule has 3 aromatic carbocycles. The average molecular weight is 390 g/mol. The van der Waals surface area contributed by atoms with Crippen molar-refractivity contribution < 1.29 is 19.4 Å². The molecule has 0 radical (unpaired) electrons. The first-order chi connectivity index (χ1) is 14.1. The van der Waals surface area contributed by atoms with Crippen LogP contribution >= 0.6 is 0 Å². The molecule has 1 aliphatic heterocycles. The standard InChI is InChI=1S/C24H25NO4/c1-28-21-10-8-19(9-11-21)22-12-13-25(24(26)27)15-23(22)29-16-17-6-7-18-4-2-3-5-20(18)14-17/h2-11,14,22-23H,12-13,15-16H2,1H3,(H,26,27)/p-1. The van der Waals surface area contributed by atoms with Crippen molar-refractivity contribution in [3.8, 4) is 5.75 Å². The Bertz CT molecular complexity index is 986. The fourth-order valence-corrected chi connectivity index (χ4v) is 4.02. The zero-order valence-electron chi connectivity index (χ0n) is 16.4. The summed E-state index contributed by atoms with van der Waals surface area (Å²) in [6.07, 6.45) is -0.679. The summed E-state index contributed by atoms with van der Waals surface area (Å²) in [7, 11) is 1.64. The third-order valence-corrected chi connectivity index (χ3v) is 5.64. The zero-order valence-corrected chi connectivity index (χ0v) is 16.4. The van der Waals surface area contributed by atoms with Crippen LogP contribution in [-0.4, -0.2) is 37.3 Å². The normalized spacial score (nSPS) is 19.3. The van der Waals surface area contributed by atoms with Crippen molar-refractivity contribution in [1.29, 1.82) is 0 Å². The number of benzene rings is 3. The molecule has 0 aliphatic carbocycles. The molecule has 5 heteroatoms. The third kappa shape index (κ3) is 4.35. The Kier molecular flexibility index (Phi) is 5.67. The maximum absolute atomic E-state index is 11.4. The summed E-state index contributed by atoms with van der Waals surface area (Å²) in [5, 5.41) is 13.7. The second kappa shape index (κ2) is 8.53. The van der Waals surface area contributed by atoms with Gasteiger partial charge in [-0.2, -0.15) is 0 Å². The number of amides is 1. The molecule has 0 N–H and O–H groups in total. The molecule has 2 atom stereocenters. The molecule has 150 valence electrons. The Morgan fingerprint density at radius 2 is 1.83 bits per heavy atom. The van der Waals surface area contributed by atoms with Crippen molar-refractivity contribution in [3.63, 3.8) is 0 Å². The van der Waals surface area contributed by atoms with Crippen molar-refractivity contribution in [3.05, 3.63) is 77.9 Å². The van der Waals surface area contributed by atoms with Crippen LogP contribution in [0.25, 0.3) is 10.8 Å². The first-order valence-corrected chi connectivity index (χ1v) is 9.83. The van der Waals surface area contributed by atoms with Gasteiger partial charge in [0.2, 0.25) is 0 Å². The number of methoxy groups -OCH3 is 1. The number of carbonyl (C=O) groups is 1. The van der Waals surface area contributed by atoms with Crippen molar-refractivity contribution in [2.24, 2.45) is 0 Å². The Morgan fingerprint density at radius 3 is 2.55 bits per heavy atom. The summed E-state index contributed by atoms with van der Waals surface area (Å²) in [6, 6.07) is 22.4. The quantitative estimate of drug-likeness (QED) is 0.668. The Hall–Kier alpha value is -3.05. The van der Waals surface area contributed by atoms with Gasteiger partial charge in [0.1, 0.15) is 11.8 Å². The average Bonchev–Trinajstić information content (AvgIpc) is 2.77. The van der Waals surface area contributed by atoms with E-state index in [4.69, 9.17) is 9.47 Å². The predicted octanol–water partition coefficient (Wildman–Crippen LogP) is 3.57. The number of likely N-dealkylation sites (tertiary alicyclic amines) is 1. The highest BCUT2D eigenvalue weighted by Gasteiger charge is 2.31. The van der Waals surface area contributed by atoms with Crippen LogP contribution in [0.2, 0.25) is 0 Å². The van der Waals surface area contributed by atoms with Crippen LogP contribution in [0.3, 0.4) is 0 Å². The van der Waals surface area contributed by atoms with Gasteiger partial charge in [0.15, 0.2) is 0 Å². The lowest BCUT2D eigenvalue weighted by Crippen LogP contribution is -2.51. The number of hydrogen-bond donors (Lipinski definition) is 0. The van der Waals surface area contributed by atoms with E-state index < -0.39 is 6.09 Å². The van der Waals surface area contributed by atoms with Gasteiger partial charge in [-0.25, -0.2) is 0 Å². The minimum atomic E-state index is -1.14. The molecule has 1 heterocycles. The fourth-order valence-electron chi connectivity index (χ4n) is 4.02. The molecule has 0 saturated carbocycles. The van der Waals surface area contributed by atoms with Gasteiger partial charge >= 0.3 is 0 Å². The maximum atomic E-state index is 11.4. The molecular weight excluding hydrogens is 366 g/mol. The zero-order chi connectivity index (χ0) is 20.2. The van der Waals surface area contributed by atoms with E-state index in [2.05, 4.69) is 30.3 Å². The second-order valence-electron chi connectivity index (χ2n) is 7.41. The topological polar surface area (TPSA) is 61.8 Å². The third-order valence-electron chi connectivity index (χ3n) is 5.64. The first kappa shape index (κ1) is 19.3. The highest BCUT2D eigenvalue weighted by Crippen LogP contribution is 2.32. The van der Waals surface area contributed by atoms with Gasteiger partial charge < -0.3 is 24.3 Å². The van der Waals surface area contributed by atoms with E-state index in [1.165, 1.54) is 15.7 Å². The molecule has 0 spiro atoms. The number of nitrogens with zero attached hydrogens (tertiary/aromatic N) is 1. The lowest BCUT2D eigenvalue weighted by molar-refractivity contribution is -0.268. The molecule has 1 fully saturated rings.